The minimum atomic E-state index is -0.770. The minimum absolute atomic E-state index is 0.195. The van der Waals surface area contributed by atoms with Gasteiger partial charge in [0.05, 0.1) is 19.1 Å². The van der Waals surface area contributed by atoms with E-state index in [1.165, 1.54) is 32.6 Å². The van der Waals surface area contributed by atoms with E-state index in [2.05, 4.69) is 4.98 Å². The average Bonchev–Trinajstić information content (AvgIpc) is 2.72. The number of carbonyl (C=O) groups excluding carboxylic acids is 1. The van der Waals surface area contributed by atoms with Crippen LogP contribution in [0.1, 0.15) is 12.5 Å². The summed E-state index contributed by atoms with van der Waals surface area (Å²) in [6.07, 6.45) is 2.72. The van der Waals surface area contributed by atoms with Crippen LogP contribution in [0.2, 0.25) is 0 Å². The minimum Gasteiger partial charge on any atom is -0.493 e. The van der Waals surface area contributed by atoms with Crippen LogP contribution in [0.4, 0.5) is 5.69 Å². The van der Waals surface area contributed by atoms with E-state index >= 15 is 0 Å². The molecule has 8 heteroatoms. The molecule has 0 saturated carbocycles. The third-order valence-electron chi connectivity index (χ3n) is 4.27. The Morgan fingerprint density at radius 1 is 1.07 bits per heavy atom. The number of hydrogen-bond donors (Lipinski definition) is 0. The summed E-state index contributed by atoms with van der Waals surface area (Å²) in [5.74, 6) is 0.0164. The number of nitro benzene ring substituents is 1. The molecule has 2 aromatic carbocycles. The number of pyridine rings is 1. The van der Waals surface area contributed by atoms with Gasteiger partial charge in [-0.3, -0.25) is 15.1 Å². The Hall–Kier alpha value is -3.94. The number of nitrogens with zero attached hydrogens (tertiary/aromatic N) is 2. The summed E-state index contributed by atoms with van der Waals surface area (Å²) in [5, 5.41) is 12.0. The van der Waals surface area contributed by atoms with Crippen molar-refractivity contribution in [1.82, 2.24) is 4.98 Å². The Balaban J connectivity index is 2.00. The molecule has 0 N–H and O–H groups in total. The fourth-order valence-corrected chi connectivity index (χ4v) is 2.93. The van der Waals surface area contributed by atoms with Gasteiger partial charge in [-0.2, -0.15) is 0 Å². The van der Waals surface area contributed by atoms with E-state index in [4.69, 9.17) is 14.2 Å². The molecule has 0 fully saturated rings. The molecule has 0 atom stereocenters. The molecule has 148 valence electrons. The first kappa shape index (κ1) is 19.8. The van der Waals surface area contributed by atoms with E-state index in [0.717, 1.165) is 0 Å². The van der Waals surface area contributed by atoms with Crippen LogP contribution in [0.3, 0.4) is 0 Å². The van der Waals surface area contributed by atoms with Gasteiger partial charge < -0.3 is 14.2 Å². The number of benzene rings is 2. The normalized spacial score (nSPS) is 11.2. The van der Waals surface area contributed by atoms with Crippen molar-refractivity contribution in [2.45, 2.75) is 6.92 Å². The van der Waals surface area contributed by atoms with Crippen LogP contribution < -0.4 is 14.2 Å². The van der Waals surface area contributed by atoms with E-state index in [1.807, 2.05) is 0 Å². The molecule has 3 aromatic rings. The Morgan fingerprint density at radius 3 is 2.55 bits per heavy atom. The maximum absolute atomic E-state index is 12.5. The number of allylic oxidation sites excluding steroid dienone is 1. The third-order valence-corrected chi connectivity index (χ3v) is 4.27. The molecule has 0 unspecified atom stereocenters. The van der Waals surface area contributed by atoms with E-state index in [9.17, 15) is 14.9 Å². The van der Waals surface area contributed by atoms with Gasteiger partial charge in [-0.15, -0.1) is 0 Å². The van der Waals surface area contributed by atoms with Crippen LogP contribution in [0.5, 0.6) is 17.2 Å². The summed E-state index contributed by atoms with van der Waals surface area (Å²) in [5.41, 5.74) is 1.07. The number of fused-ring (bicyclic) bond motifs is 1. The van der Waals surface area contributed by atoms with Crippen LogP contribution in [0.15, 0.2) is 54.7 Å². The molecular formula is C21H18N2O6. The molecule has 0 aliphatic heterocycles. The number of methoxy groups -OCH3 is 2. The molecule has 0 aliphatic rings. The van der Waals surface area contributed by atoms with Crippen molar-refractivity contribution in [3.8, 4) is 17.2 Å². The number of rotatable bonds is 6. The van der Waals surface area contributed by atoms with Gasteiger partial charge in [0.1, 0.15) is 5.52 Å². The van der Waals surface area contributed by atoms with Crippen molar-refractivity contribution in [1.29, 1.82) is 0 Å². The van der Waals surface area contributed by atoms with Gasteiger partial charge in [-0.1, -0.05) is 18.2 Å². The van der Waals surface area contributed by atoms with Crippen LogP contribution >= 0.6 is 0 Å². The fourth-order valence-electron chi connectivity index (χ4n) is 2.93. The lowest BCUT2D eigenvalue weighted by molar-refractivity contribution is -0.385. The van der Waals surface area contributed by atoms with E-state index in [1.54, 1.807) is 43.3 Å². The van der Waals surface area contributed by atoms with Crippen molar-refractivity contribution in [3.05, 3.63) is 70.4 Å². The molecule has 0 aliphatic carbocycles. The highest BCUT2D eigenvalue weighted by Gasteiger charge is 2.22. The van der Waals surface area contributed by atoms with Gasteiger partial charge in [-0.25, -0.2) is 4.79 Å². The first-order valence-electron chi connectivity index (χ1n) is 8.60. The Bertz CT molecular complexity index is 1120. The predicted octanol–water partition coefficient (Wildman–Crippen LogP) is 4.17. The fraction of sp³-hybridized carbons (Fsp3) is 0.143. The summed E-state index contributed by atoms with van der Waals surface area (Å²) < 4.78 is 16.0. The van der Waals surface area contributed by atoms with Crippen molar-refractivity contribution < 1.29 is 23.9 Å². The van der Waals surface area contributed by atoms with Gasteiger partial charge >= 0.3 is 11.7 Å². The van der Waals surface area contributed by atoms with Crippen LogP contribution in [-0.2, 0) is 4.79 Å². The van der Waals surface area contributed by atoms with Crippen LogP contribution in [0, 0.1) is 10.1 Å². The smallest absolute Gasteiger partial charge is 0.336 e. The lowest BCUT2D eigenvalue weighted by Crippen LogP contribution is -2.08. The number of hydrogen-bond acceptors (Lipinski definition) is 7. The van der Waals surface area contributed by atoms with E-state index in [0.29, 0.717) is 28.0 Å². The van der Waals surface area contributed by atoms with Gasteiger partial charge in [0.2, 0.25) is 5.75 Å². The number of aromatic nitrogens is 1. The van der Waals surface area contributed by atoms with E-state index in [-0.39, 0.29) is 17.0 Å². The summed E-state index contributed by atoms with van der Waals surface area (Å²) in [4.78, 5) is 27.4. The molecule has 0 bridgehead atoms. The SMILES string of the molecule is COc1cccc(C(C)=CC(=O)Oc2c([N+](=O)[O-])ccc3cccnc23)c1OC. The first-order chi connectivity index (χ1) is 14.0. The third kappa shape index (κ3) is 4.01. The molecule has 0 radical (unpaired) electrons. The van der Waals surface area contributed by atoms with Gasteiger partial charge in [0.25, 0.3) is 0 Å². The quantitative estimate of drug-likeness (QED) is 0.203. The molecule has 1 aromatic heterocycles. The number of carbonyl (C=O) groups is 1. The second-order valence-corrected chi connectivity index (χ2v) is 6.04. The Morgan fingerprint density at radius 2 is 1.86 bits per heavy atom. The number of para-hydroxylation sites is 1. The van der Waals surface area contributed by atoms with Crippen molar-refractivity contribution >= 4 is 28.1 Å². The highest BCUT2D eigenvalue weighted by Crippen LogP contribution is 2.36. The predicted molar refractivity (Wildman–Crippen MR) is 107 cm³/mol. The largest absolute Gasteiger partial charge is 0.493 e. The second-order valence-electron chi connectivity index (χ2n) is 6.04. The van der Waals surface area contributed by atoms with Crippen molar-refractivity contribution in [2.24, 2.45) is 0 Å². The van der Waals surface area contributed by atoms with Crippen molar-refractivity contribution in [3.63, 3.8) is 0 Å². The average molecular weight is 394 g/mol. The number of esters is 1. The Labute approximate surface area is 166 Å². The topological polar surface area (TPSA) is 101 Å². The molecular weight excluding hydrogens is 376 g/mol. The van der Waals surface area contributed by atoms with E-state index < -0.39 is 10.9 Å². The standard InChI is InChI=1S/C21H18N2O6/c1-13(15-7-4-8-17(27-2)20(15)28-3)12-18(24)29-21-16(23(25)26)10-9-14-6-5-11-22-19(14)21/h4-12H,1-3H3. The highest BCUT2D eigenvalue weighted by molar-refractivity contribution is 5.97. The summed E-state index contributed by atoms with van der Waals surface area (Å²) in [7, 11) is 3.01. The molecule has 3 rings (SSSR count). The zero-order valence-corrected chi connectivity index (χ0v) is 16.0. The number of ether oxygens (including phenoxy) is 3. The lowest BCUT2D eigenvalue weighted by Gasteiger charge is -2.13. The maximum atomic E-state index is 12.5. The molecule has 0 amide bonds. The van der Waals surface area contributed by atoms with Crippen LogP contribution in [-0.4, -0.2) is 30.1 Å². The second kappa shape index (κ2) is 8.39. The summed E-state index contributed by atoms with van der Waals surface area (Å²) in [6, 6.07) is 11.5. The first-order valence-corrected chi connectivity index (χ1v) is 8.60. The van der Waals surface area contributed by atoms with Gasteiger partial charge in [0, 0.05) is 29.3 Å². The number of nitro groups is 1. The maximum Gasteiger partial charge on any atom is 0.336 e. The molecule has 8 nitrogen and oxygen atoms in total. The van der Waals surface area contributed by atoms with Crippen LogP contribution in [0.25, 0.3) is 16.5 Å². The summed E-state index contributed by atoms with van der Waals surface area (Å²) >= 11 is 0. The molecule has 29 heavy (non-hydrogen) atoms. The summed E-state index contributed by atoms with van der Waals surface area (Å²) in [6.45, 7) is 1.70. The molecule has 1 heterocycles. The zero-order chi connectivity index (χ0) is 21.0. The van der Waals surface area contributed by atoms with Gasteiger partial charge in [0.15, 0.2) is 11.5 Å². The molecule has 0 saturated heterocycles. The highest BCUT2D eigenvalue weighted by atomic mass is 16.6. The Kier molecular flexibility index (Phi) is 5.73. The lowest BCUT2D eigenvalue weighted by atomic mass is 10.1. The van der Waals surface area contributed by atoms with Gasteiger partial charge in [-0.05, 0) is 30.7 Å². The molecule has 0 spiro atoms. The zero-order valence-electron chi connectivity index (χ0n) is 16.0. The monoisotopic (exact) mass is 394 g/mol. The van der Waals surface area contributed by atoms with Crippen molar-refractivity contribution in [2.75, 3.05) is 14.2 Å².